The van der Waals surface area contributed by atoms with Gasteiger partial charge in [0.15, 0.2) is 0 Å². The van der Waals surface area contributed by atoms with Crippen LogP contribution in [0.5, 0.6) is 0 Å². The number of H-pyrrole nitrogens is 1. The zero-order valence-corrected chi connectivity index (χ0v) is 17.0. The van der Waals surface area contributed by atoms with E-state index in [0.717, 1.165) is 5.56 Å². The molecule has 26 heavy (non-hydrogen) atoms. The van der Waals surface area contributed by atoms with Crippen LogP contribution in [0.15, 0.2) is 30.6 Å². The molecule has 6 nitrogen and oxygen atoms in total. The third-order valence-corrected chi connectivity index (χ3v) is 4.97. The number of hydrogen-bond donors (Lipinski definition) is 2. The normalized spacial score (nSPS) is 12.5. The molecule has 0 saturated heterocycles. The monoisotopic (exact) mass is 397 g/mol. The predicted molar refractivity (Wildman–Crippen MR) is 107 cm³/mol. The van der Waals surface area contributed by atoms with Gasteiger partial charge in [-0.1, -0.05) is 43.1 Å². The Morgan fingerprint density at radius 1 is 1.27 bits per heavy atom. The SMILES string of the molecule is CC(C)C(CN(Cc1ccc(Cl)c(Cl)c1)C(=O)Nc1cn[nH]c1)N(C)C. The van der Waals surface area contributed by atoms with Gasteiger partial charge in [0.1, 0.15) is 0 Å². The number of nitrogens with zero attached hydrogens (tertiary/aromatic N) is 3. The molecule has 0 aliphatic carbocycles. The van der Waals surface area contributed by atoms with Crippen LogP contribution in [0.25, 0.3) is 0 Å². The average molecular weight is 398 g/mol. The molecule has 0 spiro atoms. The second kappa shape index (κ2) is 9.26. The van der Waals surface area contributed by atoms with E-state index in [-0.39, 0.29) is 12.1 Å². The molecule has 1 aromatic carbocycles. The smallest absolute Gasteiger partial charge is 0.319 e. The van der Waals surface area contributed by atoms with Crippen LogP contribution < -0.4 is 5.32 Å². The summed E-state index contributed by atoms with van der Waals surface area (Å²) in [5, 5.41) is 10.4. The lowest BCUT2D eigenvalue weighted by Gasteiger charge is -2.34. The number of nitrogens with one attached hydrogen (secondary N) is 2. The lowest BCUT2D eigenvalue weighted by Crippen LogP contribution is -2.46. The number of aromatic nitrogens is 2. The van der Waals surface area contributed by atoms with E-state index >= 15 is 0 Å². The molecule has 1 atom stereocenters. The van der Waals surface area contributed by atoms with E-state index in [2.05, 4.69) is 34.3 Å². The first kappa shape index (κ1) is 20.6. The number of likely N-dealkylation sites (N-methyl/N-ethyl adjacent to an activating group) is 1. The third kappa shape index (κ3) is 5.62. The fraction of sp³-hybridized carbons (Fsp3) is 0.444. The van der Waals surface area contributed by atoms with Gasteiger partial charge in [-0.05, 0) is 37.7 Å². The molecule has 0 aliphatic heterocycles. The molecule has 142 valence electrons. The van der Waals surface area contributed by atoms with Crippen molar-refractivity contribution in [3.8, 4) is 0 Å². The summed E-state index contributed by atoms with van der Waals surface area (Å²) in [7, 11) is 4.05. The Morgan fingerprint density at radius 3 is 2.54 bits per heavy atom. The van der Waals surface area contributed by atoms with Gasteiger partial charge in [-0.3, -0.25) is 5.10 Å². The molecule has 2 N–H and O–H groups in total. The summed E-state index contributed by atoms with van der Waals surface area (Å²) >= 11 is 12.1. The van der Waals surface area contributed by atoms with Crippen molar-refractivity contribution in [3.05, 3.63) is 46.2 Å². The number of urea groups is 1. The number of benzene rings is 1. The lowest BCUT2D eigenvalue weighted by molar-refractivity contribution is 0.155. The fourth-order valence-corrected chi connectivity index (χ4v) is 3.12. The predicted octanol–water partition coefficient (Wildman–Crippen LogP) is 4.34. The van der Waals surface area contributed by atoms with Crippen molar-refractivity contribution in [1.29, 1.82) is 0 Å². The lowest BCUT2D eigenvalue weighted by atomic mass is 10.0. The summed E-state index contributed by atoms with van der Waals surface area (Å²) in [6, 6.07) is 5.45. The standard InChI is InChI=1S/C18H25Cl2N5O/c1-12(2)17(24(3)4)11-25(18(26)23-14-8-21-22-9-14)10-13-5-6-15(19)16(20)7-13/h5-9,12,17H,10-11H2,1-4H3,(H,21,22)(H,23,26). The summed E-state index contributed by atoms with van der Waals surface area (Å²) < 4.78 is 0. The Labute approximate surface area is 164 Å². The van der Waals surface area contributed by atoms with E-state index in [1.54, 1.807) is 29.4 Å². The Kier molecular flexibility index (Phi) is 7.32. The first-order valence-corrected chi connectivity index (χ1v) is 9.18. The highest BCUT2D eigenvalue weighted by Crippen LogP contribution is 2.24. The minimum Gasteiger partial charge on any atom is -0.319 e. The van der Waals surface area contributed by atoms with Crippen molar-refractivity contribution in [2.45, 2.75) is 26.4 Å². The van der Waals surface area contributed by atoms with Crippen LogP contribution in [0.3, 0.4) is 0 Å². The highest BCUT2D eigenvalue weighted by atomic mass is 35.5. The second-order valence-corrected chi connectivity index (χ2v) is 7.64. The van der Waals surface area contributed by atoms with Gasteiger partial charge < -0.3 is 15.1 Å². The van der Waals surface area contributed by atoms with Gasteiger partial charge in [0.2, 0.25) is 0 Å². The van der Waals surface area contributed by atoms with E-state index in [4.69, 9.17) is 23.2 Å². The first-order valence-electron chi connectivity index (χ1n) is 8.43. The van der Waals surface area contributed by atoms with Crippen molar-refractivity contribution in [2.75, 3.05) is 26.0 Å². The third-order valence-electron chi connectivity index (χ3n) is 4.23. The Morgan fingerprint density at radius 2 is 2.00 bits per heavy atom. The molecule has 1 aromatic heterocycles. The maximum atomic E-state index is 12.8. The first-order chi connectivity index (χ1) is 12.3. The molecule has 0 fully saturated rings. The van der Waals surface area contributed by atoms with Gasteiger partial charge in [-0.2, -0.15) is 5.10 Å². The highest BCUT2D eigenvalue weighted by molar-refractivity contribution is 6.42. The number of halogens is 2. The van der Waals surface area contributed by atoms with Gasteiger partial charge >= 0.3 is 6.03 Å². The highest BCUT2D eigenvalue weighted by Gasteiger charge is 2.23. The fourth-order valence-electron chi connectivity index (χ4n) is 2.80. The summed E-state index contributed by atoms with van der Waals surface area (Å²) in [4.78, 5) is 16.8. The maximum absolute atomic E-state index is 12.8. The van der Waals surface area contributed by atoms with E-state index in [1.807, 2.05) is 20.2 Å². The minimum absolute atomic E-state index is 0.190. The molecule has 1 unspecified atom stereocenters. The number of rotatable bonds is 7. The molecule has 0 radical (unpaired) electrons. The van der Waals surface area contributed by atoms with Crippen LogP contribution in [0.1, 0.15) is 19.4 Å². The second-order valence-electron chi connectivity index (χ2n) is 6.82. The molecule has 0 saturated carbocycles. The average Bonchev–Trinajstić information content (AvgIpc) is 3.06. The zero-order valence-electron chi connectivity index (χ0n) is 15.5. The van der Waals surface area contributed by atoms with Gasteiger partial charge in [0, 0.05) is 25.3 Å². The van der Waals surface area contributed by atoms with Gasteiger partial charge in [-0.25, -0.2) is 4.79 Å². The molecule has 2 amide bonds. The Balaban J connectivity index is 2.21. The number of carbonyl (C=O) groups excluding carboxylic acids is 1. The summed E-state index contributed by atoms with van der Waals surface area (Å²) in [5.41, 5.74) is 1.54. The molecule has 1 heterocycles. The molecule has 0 bridgehead atoms. The van der Waals surface area contributed by atoms with Gasteiger partial charge in [0.05, 0.1) is 21.9 Å². The van der Waals surface area contributed by atoms with Crippen LogP contribution in [0.4, 0.5) is 10.5 Å². The minimum atomic E-state index is -0.190. The number of hydrogen-bond acceptors (Lipinski definition) is 3. The Bertz CT molecular complexity index is 710. The van der Waals surface area contributed by atoms with Crippen LogP contribution in [0, 0.1) is 5.92 Å². The molecule has 0 aliphatic rings. The van der Waals surface area contributed by atoms with Crippen molar-refractivity contribution >= 4 is 34.9 Å². The number of aromatic amines is 1. The quantitative estimate of drug-likeness (QED) is 0.730. The Hall–Kier alpha value is -1.76. The van der Waals surface area contributed by atoms with Gasteiger partial charge in [-0.15, -0.1) is 0 Å². The molecular weight excluding hydrogens is 373 g/mol. The number of anilines is 1. The maximum Gasteiger partial charge on any atom is 0.322 e. The largest absolute Gasteiger partial charge is 0.322 e. The van der Waals surface area contributed by atoms with Crippen molar-refractivity contribution < 1.29 is 4.79 Å². The zero-order chi connectivity index (χ0) is 19.3. The molecule has 2 aromatic rings. The summed E-state index contributed by atoms with van der Waals surface area (Å²) in [6.45, 7) is 5.30. The topological polar surface area (TPSA) is 64.3 Å². The van der Waals surface area contributed by atoms with Crippen LogP contribution in [-0.4, -0.2) is 52.7 Å². The molecule has 8 heteroatoms. The van der Waals surface area contributed by atoms with E-state index in [1.165, 1.54) is 0 Å². The van der Waals surface area contributed by atoms with Crippen LogP contribution in [-0.2, 0) is 6.54 Å². The van der Waals surface area contributed by atoms with E-state index in [9.17, 15) is 4.79 Å². The van der Waals surface area contributed by atoms with E-state index in [0.29, 0.717) is 34.7 Å². The van der Waals surface area contributed by atoms with Crippen LogP contribution in [0.2, 0.25) is 10.0 Å². The summed E-state index contributed by atoms with van der Waals surface area (Å²) in [5.74, 6) is 0.392. The van der Waals surface area contributed by atoms with Gasteiger partial charge in [0.25, 0.3) is 0 Å². The van der Waals surface area contributed by atoms with Crippen LogP contribution >= 0.6 is 23.2 Å². The van der Waals surface area contributed by atoms with E-state index < -0.39 is 0 Å². The summed E-state index contributed by atoms with van der Waals surface area (Å²) in [6.07, 6.45) is 3.21. The molecule has 2 rings (SSSR count). The number of amides is 2. The van der Waals surface area contributed by atoms with Crippen molar-refractivity contribution in [3.63, 3.8) is 0 Å². The van der Waals surface area contributed by atoms with Crippen molar-refractivity contribution in [2.24, 2.45) is 5.92 Å². The molecular formula is C18H25Cl2N5O. The van der Waals surface area contributed by atoms with Crippen molar-refractivity contribution in [1.82, 2.24) is 20.0 Å². The number of carbonyl (C=O) groups is 1.